The van der Waals surface area contributed by atoms with E-state index in [1.165, 1.54) is 75.5 Å². The van der Waals surface area contributed by atoms with Crippen LogP contribution in [0.3, 0.4) is 0 Å². The van der Waals surface area contributed by atoms with Crippen LogP contribution in [0.2, 0.25) is 0 Å². The van der Waals surface area contributed by atoms with Crippen LogP contribution in [-0.4, -0.2) is 18.0 Å². The largest absolute Gasteiger partial charge is 0.475 e. The van der Waals surface area contributed by atoms with Crippen LogP contribution in [0, 0.1) is 29.4 Å². The summed E-state index contributed by atoms with van der Waals surface area (Å²) >= 11 is 0. The molecular formula is C31H39F2NO. The fraction of sp³-hybridized carbons (Fsp3) is 0.581. The Morgan fingerprint density at radius 1 is 0.914 bits per heavy atom. The summed E-state index contributed by atoms with van der Waals surface area (Å²) in [6, 6.07) is 11.2. The van der Waals surface area contributed by atoms with Crippen molar-refractivity contribution in [2.75, 3.05) is 6.61 Å². The van der Waals surface area contributed by atoms with E-state index in [1.807, 2.05) is 26.0 Å². The molecule has 4 atom stereocenters. The number of hydrogen-bond donors (Lipinski definition) is 0. The lowest BCUT2D eigenvalue weighted by Gasteiger charge is -2.42. The van der Waals surface area contributed by atoms with E-state index >= 15 is 0 Å². The van der Waals surface area contributed by atoms with Gasteiger partial charge in [-0.2, -0.15) is 0 Å². The minimum absolute atomic E-state index is 0.0573. The van der Waals surface area contributed by atoms with Crippen LogP contribution in [0.25, 0.3) is 11.1 Å². The molecule has 0 radical (unpaired) electrons. The van der Waals surface area contributed by atoms with E-state index in [0.29, 0.717) is 18.1 Å². The highest BCUT2D eigenvalue weighted by Gasteiger charge is 2.36. The van der Waals surface area contributed by atoms with Crippen molar-refractivity contribution >= 4 is 5.90 Å². The van der Waals surface area contributed by atoms with Gasteiger partial charge in [-0.1, -0.05) is 56.9 Å². The van der Waals surface area contributed by atoms with Crippen molar-refractivity contribution in [3.63, 3.8) is 0 Å². The van der Waals surface area contributed by atoms with Crippen LogP contribution in [0.15, 0.2) is 41.4 Å². The van der Waals surface area contributed by atoms with Crippen molar-refractivity contribution in [1.29, 1.82) is 0 Å². The zero-order chi connectivity index (χ0) is 24.6. The summed E-state index contributed by atoms with van der Waals surface area (Å²) in [4.78, 5) is 4.34. The Kier molecular flexibility index (Phi) is 7.01. The Balaban J connectivity index is 1.26. The van der Waals surface area contributed by atoms with E-state index in [0.717, 1.165) is 23.3 Å². The molecule has 3 aliphatic rings. The number of halogens is 2. The predicted molar refractivity (Wildman–Crippen MR) is 139 cm³/mol. The Morgan fingerprint density at radius 2 is 1.60 bits per heavy atom. The molecule has 4 heteroatoms. The van der Waals surface area contributed by atoms with Crippen molar-refractivity contribution in [2.45, 2.75) is 90.0 Å². The summed E-state index contributed by atoms with van der Waals surface area (Å²) in [5.74, 6) is 2.15. The standard InChI is InChI=1S/C31H39F2NO/c1-4-5-6-20-7-8-25-16-24(14-13-23(25)15-20)21-9-11-22(12-10-21)26-17-27(32)29(28(33)18-26)30-34-31(2,3)19-35-30/h9-12,17-18,20,23-25H,4-8,13-16,19H2,1-3H3/t20?,23-,24-,25-/m1/s1. The number of rotatable bonds is 6. The molecule has 35 heavy (non-hydrogen) atoms. The molecule has 2 aromatic carbocycles. The van der Waals surface area contributed by atoms with Gasteiger partial charge in [0, 0.05) is 0 Å². The highest BCUT2D eigenvalue weighted by Crippen LogP contribution is 2.48. The number of nitrogens with zero attached hydrogens (tertiary/aromatic N) is 1. The fourth-order valence-electron chi connectivity index (χ4n) is 6.65. The zero-order valence-corrected chi connectivity index (χ0v) is 21.5. The first-order valence-corrected chi connectivity index (χ1v) is 13.7. The minimum Gasteiger partial charge on any atom is -0.475 e. The van der Waals surface area contributed by atoms with Crippen molar-refractivity contribution in [3.8, 4) is 11.1 Å². The third-order valence-corrected chi connectivity index (χ3v) is 8.63. The Hall–Kier alpha value is -2.23. The van der Waals surface area contributed by atoms with Gasteiger partial charge in [-0.25, -0.2) is 13.8 Å². The monoisotopic (exact) mass is 479 g/mol. The van der Waals surface area contributed by atoms with Gasteiger partial charge in [0.25, 0.3) is 0 Å². The van der Waals surface area contributed by atoms with E-state index < -0.39 is 17.2 Å². The van der Waals surface area contributed by atoms with Crippen LogP contribution < -0.4 is 0 Å². The van der Waals surface area contributed by atoms with Crippen molar-refractivity contribution < 1.29 is 13.5 Å². The number of ether oxygens (including phenoxy) is 1. The van der Waals surface area contributed by atoms with E-state index in [-0.39, 0.29) is 11.5 Å². The predicted octanol–water partition coefficient (Wildman–Crippen LogP) is 8.68. The van der Waals surface area contributed by atoms with E-state index in [2.05, 4.69) is 24.0 Å². The first kappa shape index (κ1) is 24.5. The van der Waals surface area contributed by atoms with E-state index in [9.17, 15) is 8.78 Å². The lowest BCUT2D eigenvalue weighted by Crippen LogP contribution is -2.30. The maximum atomic E-state index is 14.9. The van der Waals surface area contributed by atoms with Gasteiger partial charge in [0.15, 0.2) is 0 Å². The normalized spacial score (nSPS) is 27.7. The maximum Gasteiger partial charge on any atom is 0.222 e. The Bertz CT molecular complexity index is 1050. The SMILES string of the molecule is CCCCC1CC[C@@H]2C[C@H](c3ccc(-c4cc(F)c(C5=NC(C)(C)CO5)c(F)c4)cc3)CC[C@@H]2C1. The number of fused-ring (bicyclic) bond motifs is 1. The second-order valence-electron chi connectivity index (χ2n) is 11.8. The third-order valence-electron chi connectivity index (χ3n) is 8.63. The topological polar surface area (TPSA) is 21.6 Å². The Labute approximate surface area is 209 Å². The molecule has 0 N–H and O–H groups in total. The summed E-state index contributed by atoms with van der Waals surface area (Å²) < 4.78 is 35.3. The van der Waals surface area contributed by atoms with Gasteiger partial charge in [-0.15, -0.1) is 0 Å². The van der Waals surface area contributed by atoms with Crippen LogP contribution in [0.4, 0.5) is 8.78 Å². The number of hydrogen-bond acceptors (Lipinski definition) is 2. The lowest BCUT2D eigenvalue weighted by atomic mass is 9.63. The molecule has 2 fully saturated rings. The molecule has 0 saturated heterocycles. The van der Waals surface area contributed by atoms with Crippen molar-refractivity contribution in [1.82, 2.24) is 0 Å². The molecule has 0 spiro atoms. The molecule has 188 valence electrons. The summed E-state index contributed by atoms with van der Waals surface area (Å²) in [5, 5.41) is 0. The molecule has 1 unspecified atom stereocenters. The first-order valence-electron chi connectivity index (χ1n) is 13.7. The molecule has 2 aromatic rings. The molecule has 2 nitrogen and oxygen atoms in total. The molecule has 0 amide bonds. The number of unbranched alkanes of at least 4 members (excludes halogenated alkanes) is 1. The summed E-state index contributed by atoms with van der Waals surface area (Å²) in [6.45, 7) is 6.39. The fourth-order valence-corrected chi connectivity index (χ4v) is 6.65. The van der Waals surface area contributed by atoms with Gasteiger partial charge in [0.05, 0.1) is 5.54 Å². The van der Waals surface area contributed by atoms with Gasteiger partial charge in [-0.3, -0.25) is 0 Å². The second kappa shape index (κ2) is 10.0. The van der Waals surface area contributed by atoms with Gasteiger partial charge in [0.2, 0.25) is 5.90 Å². The van der Waals surface area contributed by atoms with Crippen molar-refractivity contribution in [2.24, 2.45) is 22.7 Å². The summed E-state index contributed by atoms with van der Waals surface area (Å²) in [5.41, 5.74) is 2.11. The molecule has 0 aromatic heterocycles. The van der Waals surface area contributed by atoms with Gasteiger partial charge >= 0.3 is 0 Å². The molecule has 1 aliphatic heterocycles. The average Bonchev–Trinajstić information content (AvgIpc) is 3.20. The van der Waals surface area contributed by atoms with Gasteiger partial charge in [0.1, 0.15) is 23.8 Å². The van der Waals surface area contributed by atoms with Gasteiger partial charge < -0.3 is 4.74 Å². The smallest absolute Gasteiger partial charge is 0.222 e. The first-order chi connectivity index (χ1) is 16.8. The highest BCUT2D eigenvalue weighted by atomic mass is 19.1. The van der Waals surface area contributed by atoms with E-state index in [4.69, 9.17) is 4.74 Å². The van der Waals surface area contributed by atoms with Crippen LogP contribution in [-0.2, 0) is 4.74 Å². The third kappa shape index (κ3) is 5.32. The molecule has 1 heterocycles. The lowest BCUT2D eigenvalue weighted by molar-refractivity contribution is 0.113. The highest BCUT2D eigenvalue weighted by molar-refractivity contribution is 5.96. The van der Waals surface area contributed by atoms with Crippen LogP contribution >= 0.6 is 0 Å². The molecule has 2 saturated carbocycles. The van der Waals surface area contributed by atoms with Crippen molar-refractivity contribution in [3.05, 3.63) is 59.2 Å². The average molecular weight is 480 g/mol. The number of aliphatic imine (C=N–C) groups is 1. The molecule has 0 bridgehead atoms. The quantitative estimate of drug-likeness (QED) is 0.406. The number of benzene rings is 2. The second-order valence-corrected chi connectivity index (χ2v) is 11.8. The van der Waals surface area contributed by atoms with Crippen LogP contribution in [0.5, 0.6) is 0 Å². The Morgan fingerprint density at radius 3 is 2.26 bits per heavy atom. The molecule has 2 aliphatic carbocycles. The van der Waals surface area contributed by atoms with Crippen LogP contribution in [0.1, 0.15) is 95.6 Å². The summed E-state index contributed by atoms with van der Waals surface area (Å²) in [7, 11) is 0. The molecular weight excluding hydrogens is 440 g/mol. The maximum absolute atomic E-state index is 14.9. The zero-order valence-electron chi connectivity index (χ0n) is 21.5. The summed E-state index contributed by atoms with van der Waals surface area (Å²) in [6.07, 6.45) is 12.3. The van der Waals surface area contributed by atoms with E-state index in [1.54, 1.807) is 0 Å². The van der Waals surface area contributed by atoms with Gasteiger partial charge in [-0.05, 0) is 98.4 Å². The minimum atomic E-state index is -0.631. The molecule has 5 rings (SSSR count).